The summed E-state index contributed by atoms with van der Waals surface area (Å²) in [5.41, 5.74) is -2.46. The van der Waals surface area contributed by atoms with Crippen molar-refractivity contribution in [2.24, 2.45) is 0 Å². The molecule has 3 unspecified atom stereocenters. The zero-order chi connectivity index (χ0) is 93.1. The summed E-state index contributed by atoms with van der Waals surface area (Å²) in [5, 5.41) is 37.4. The second-order valence-corrected chi connectivity index (χ2v) is 33.8. The topological polar surface area (TPSA) is 225 Å². The number of β-amino-alcohol motifs (C(OH)–C–C–N with tert-alkyl or cyclic N) is 3. The van der Waals surface area contributed by atoms with Crippen molar-refractivity contribution in [3.63, 3.8) is 0 Å². The molecule has 0 spiro atoms. The van der Waals surface area contributed by atoms with Crippen molar-refractivity contribution in [3.8, 4) is 0 Å². The average molecular weight is 1790 g/mol. The number of fused-ring (bicyclic) bond motifs is 6. The van der Waals surface area contributed by atoms with Crippen LogP contribution >= 0.6 is 0 Å². The number of benzene rings is 5. The van der Waals surface area contributed by atoms with Gasteiger partial charge in [-0.3, -0.25) is 48.5 Å². The highest BCUT2D eigenvalue weighted by atomic mass is 19.4. The molecule has 1 aromatic heterocycles. The van der Waals surface area contributed by atoms with Crippen LogP contribution in [0.5, 0.6) is 0 Å². The van der Waals surface area contributed by atoms with Gasteiger partial charge in [-0.15, -0.1) is 0 Å². The number of aliphatic hydroxyl groups excluding tert-OH is 4. The molecule has 15 rings (SSSR count). The number of alkyl halides is 19. The molecule has 5 aromatic carbocycles. The predicted molar refractivity (Wildman–Crippen MR) is 416 cm³/mol. The number of likely N-dealkylation sites (tertiary alicyclic amines) is 3. The van der Waals surface area contributed by atoms with Crippen molar-refractivity contribution in [1.29, 1.82) is 0 Å². The zero-order valence-electron chi connectivity index (χ0n) is 70.2. The first-order chi connectivity index (χ1) is 57.8. The van der Waals surface area contributed by atoms with Crippen LogP contribution in [0.25, 0.3) is 0 Å². The van der Waals surface area contributed by atoms with Gasteiger partial charge in [-0.2, -0.15) is 79.0 Å². The molecule has 684 valence electrons. The lowest BCUT2D eigenvalue weighted by Crippen LogP contribution is -2.49. The molecule has 6 aromatic rings. The van der Waals surface area contributed by atoms with Crippen LogP contribution in [0.15, 0.2) is 79.0 Å². The van der Waals surface area contributed by atoms with Crippen molar-refractivity contribution in [3.05, 3.63) is 202 Å². The number of hydrogen-bond acceptors (Lipinski definition) is 14. The molecule has 10 heterocycles. The second kappa shape index (κ2) is 37.4. The van der Waals surface area contributed by atoms with Gasteiger partial charge in [-0.1, -0.05) is 6.07 Å². The molecule has 0 saturated carbocycles. The molecule has 9 aliphatic heterocycles. The number of carbonyl (C=O) groups is 6. The fourth-order valence-electron chi connectivity index (χ4n) is 16.3. The molecule has 0 radical (unpaired) electrons. The first-order valence-electron chi connectivity index (χ1n) is 40.3. The van der Waals surface area contributed by atoms with E-state index < -0.39 is 113 Å². The summed E-state index contributed by atoms with van der Waals surface area (Å²) in [6.45, 7) is 23.4. The molecular weight excluding hydrogens is 1690 g/mol. The van der Waals surface area contributed by atoms with Crippen molar-refractivity contribution < 1.29 is 133 Å². The van der Waals surface area contributed by atoms with Crippen LogP contribution in [0.3, 0.4) is 0 Å². The molecular formula is C86H97F19N10O10. The summed E-state index contributed by atoms with van der Waals surface area (Å²) in [7, 11) is 0. The molecule has 20 nitrogen and oxygen atoms in total. The van der Waals surface area contributed by atoms with E-state index in [-0.39, 0.29) is 191 Å². The maximum absolute atomic E-state index is 13.5. The monoisotopic (exact) mass is 1790 g/mol. The quantitative estimate of drug-likeness (QED) is 0.0790. The lowest BCUT2D eigenvalue weighted by molar-refractivity contribution is -0.142. The second-order valence-electron chi connectivity index (χ2n) is 33.8. The lowest BCUT2D eigenvalue weighted by Gasteiger charge is -2.36. The van der Waals surface area contributed by atoms with E-state index in [4.69, 9.17) is 5.11 Å². The van der Waals surface area contributed by atoms with Gasteiger partial charge >= 0.3 is 37.1 Å². The number of pyridine rings is 1. The molecule has 3 atom stereocenters. The Hall–Kier alpha value is -9.54. The summed E-state index contributed by atoms with van der Waals surface area (Å²) in [6, 6.07) is 14.4. The minimum atomic E-state index is -4.57. The van der Waals surface area contributed by atoms with E-state index in [9.17, 15) is 128 Å². The largest absolute Gasteiger partial charge is 0.433 e. The summed E-state index contributed by atoms with van der Waals surface area (Å²) < 4.78 is 250. The molecule has 0 bridgehead atoms. The van der Waals surface area contributed by atoms with E-state index >= 15 is 0 Å². The van der Waals surface area contributed by atoms with Crippen LogP contribution in [0, 0.1) is 0 Å². The van der Waals surface area contributed by atoms with E-state index in [1.54, 1.807) is 100 Å². The Morgan fingerprint density at radius 3 is 0.920 bits per heavy atom. The van der Waals surface area contributed by atoms with E-state index in [1.165, 1.54) is 59.7 Å². The van der Waals surface area contributed by atoms with Crippen LogP contribution in [-0.2, 0) is 103 Å². The Morgan fingerprint density at radius 1 is 0.344 bits per heavy atom. The van der Waals surface area contributed by atoms with Gasteiger partial charge in [-0.25, -0.2) is 4.39 Å². The summed E-state index contributed by atoms with van der Waals surface area (Å²) in [5.74, 6) is -2.18. The van der Waals surface area contributed by atoms with Gasteiger partial charge in [0.15, 0.2) is 0 Å². The molecule has 6 amide bonds. The van der Waals surface area contributed by atoms with Crippen LogP contribution in [0.4, 0.5) is 83.4 Å². The minimum Gasteiger partial charge on any atom is -0.392 e. The van der Waals surface area contributed by atoms with Crippen molar-refractivity contribution in [1.82, 2.24) is 49.1 Å². The number of rotatable bonds is 13. The molecule has 3 saturated heterocycles. The molecule has 39 heteroatoms. The van der Waals surface area contributed by atoms with Crippen LogP contribution in [-0.4, -0.2) is 205 Å². The number of amides is 6. The van der Waals surface area contributed by atoms with Gasteiger partial charge in [0.2, 0.25) is 0 Å². The summed E-state index contributed by atoms with van der Waals surface area (Å²) in [4.78, 5) is 90.3. The highest BCUT2D eigenvalue weighted by Gasteiger charge is 2.48. The van der Waals surface area contributed by atoms with E-state index in [0.29, 0.717) is 62.4 Å². The highest BCUT2D eigenvalue weighted by Crippen LogP contribution is 2.46. The van der Waals surface area contributed by atoms with Crippen molar-refractivity contribution in [2.75, 3.05) is 39.3 Å². The normalized spacial score (nSPS) is 19.3. The average Bonchev–Trinajstić information content (AvgIpc) is 1.65. The van der Waals surface area contributed by atoms with Gasteiger partial charge in [0.1, 0.15) is 11.9 Å². The lowest BCUT2D eigenvalue weighted by atomic mass is 9.98. The summed E-state index contributed by atoms with van der Waals surface area (Å²) >= 11 is 0. The van der Waals surface area contributed by atoms with Crippen LogP contribution < -0.4 is 0 Å². The fraction of sp³-hybridized carbons (Fsp3) is 0.523. The van der Waals surface area contributed by atoms with Crippen molar-refractivity contribution in [2.45, 2.75) is 253 Å². The molecule has 9 aliphatic rings. The number of aromatic nitrogens is 1. The third-order valence-corrected chi connectivity index (χ3v) is 22.8. The first kappa shape index (κ1) is 97.7. The smallest absolute Gasteiger partial charge is 0.392 e. The van der Waals surface area contributed by atoms with Gasteiger partial charge in [0, 0.05) is 180 Å². The van der Waals surface area contributed by atoms with Gasteiger partial charge in [0.25, 0.3) is 35.4 Å². The van der Waals surface area contributed by atoms with Crippen LogP contribution in [0.1, 0.15) is 241 Å². The Balaban J connectivity index is 0.000000158. The Labute approximate surface area is 708 Å². The van der Waals surface area contributed by atoms with E-state index in [1.807, 2.05) is 9.80 Å². The number of halogens is 19. The minimum absolute atomic E-state index is 0.000209. The SMILES string of the molecule is CC(C)N1Cc2c(cc(CN3CC(O)C(F)C3)cc2C(F)(F)F)C1=O.CC(C)N1Cc2c(cc(CN3CC(O)C3)cc2C(F)(F)F)C1=O.CC(C)N1Cc2c(cc(CN3CCC(O)C3)cc2C(F)(F)F)C1=O.CC(C)N1Cc2c(cc(CO)cc2C(F)(F)F)C1=O.CC(C)N1Cc2c(cccc2C(F)(F)F)C1=O.CC(C)N1Cc2c(ccnc2C(F)(F)F)C1=O. The van der Waals surface area contributed by atoms with E-state index in [0.717, 1.165) is 36.5 Å². The fourth-order valence-corrected chi connectivity index (χ4v) is 16.3. The highest BCUT2D eigenvalue weighted by molar-refractivity contribution is 6.02. The molecule has 125 heavy (non-hydrogen) atoms. The maximum atomic E-state index is 13.5. The standard InChI is InChI=1S/C17H20F4N2O2.C17H21F3N2O2.C16H19F3N2O2.C13H14F3NO2.C12H12F3NO.C11H11F3N2O/c1-9(2)23-6-12-11(16(23)25)3-10(4-13(12)17(19,20)21)5-22-7-14(18)15(24)8-22;1-10(2)22-9-14-13(16(22)24)5-11(6-15(14)17(18,19)20)7-21-4-3-12(23)8-21;1-9(2)21-8-13-12(15(21)23)3-10(4-14(13)16(17,18)19)5-20-6-11(22)7-20;1-7(2)17-5-10-9(12(17)19)3-8(6-18)4-11(10)13(14,15)16;1-7(2)16-6-9-8(11(16)17)4-3-5-10(9)12(13,14)15;1-6(2)16-5-8-7(10(16)17)3-4-15-9(8)11(12,13)14/h3-4,9,14-15,24H,5-8H2,1-2H3;5-6,10,12,23H,3-4,7-9H2,1-2H3;3-4,9,11,22H,5-8H2,1-2H3;3-4,7,18H,5-6H2,1-2H3;3-5,7H,6H2,1-2H3;3-4,6H,5H2,1-2H3. The van der Waals surface area contributed by atoms with Crippen molar-refractivity contribution >= 4 is 35.4 Å². The predicted octanol–water partition coefficient (Wildman–Crippen LogP) is 15.6. The van der Waals surface area contributed by atoms with Gasteiger partial charge in [-0.05, 0) is 206 Å². The number of nitrogens with zero attached hydrogens (tertiary/aromatic N) is 10. The first-order valence-corrected chi connectivity index (χ1v) is 40.3. The number of hydrogen-bond donors (Lipinski definition) is 4. The Morgan fingerprint density at radius 2 is 0.632 bits per heavy atom. The third kappa shape index (κ3) is 21.8. The summed E-state index contributed by atoms with van der Waals surface area (Å²) in [6.07, 6.45) is -28.7. The maximum Gasteiger partial charge on any atom is 0.433 e. The van der Waals surface area contributed by atoms with E-state index in [2.05, 4.69) is 4.98 Å². The number of aliphatic hydroxyl groups is 4. The van der Waals surface area contributed by atoms with Gasteiger partial charge < -0.3 is 49.8 Å². The third-order valence-electron chi connectivity index (χ3n) is 22.8. The Kier molecular flexibility index (Phi) is 29.2. The number of carbonyl (C=O) groups excluding carboxylic acids is 6. The zero-order valence-corrected chi connectivity index (χ0v) is 70.2. The molecule has 4 N–H and O–H groups in total. The molecule has 0 aliphatic carbocycles. The van der Waals surface area contributed by atoms with Crippen LogP contribution in [0.2, 0.25) is 0 Å². The molecule has 3 fully saturated rings. The van der Waals surface area contributed by atoms with Gasteiger partial charge in [0.05, 0.1) is 52.7 Å². The Bertz CT molecular complexity index is 4920.